The van der Waals surface area contributed by atoms with E-state index in [2.05, 4.69) is 22.5 Å². The number of ether oxygens (including phenoxy) is 1. The van der Waals surface area contributed by atoms with Crippen molar-refractivity contribution in [1.29, 1.82) is 0 Å². The van der Waals surface area contributed by atoms with Crippen molar-refractivity contribution in [2.75, 3.05) is 25.0 Å². The Morgan fingerprint density at radius 3 is 2.96 bits per heavy atom. The molecule has 3 heterocycles. The van der Waals surface area contributed by atoms with Gasteiger partial charge in [-0.15, -0.1) is 0 Å². The highest BCUT2D eigenvalue weighted by atomic mass is 16.5. The first-order valence-electron chi connectivity index (χ1n) is 9.68. The summed E-state index contributed by atoms with van der Waals surface area (Å²) in [6.07, 6.45) is 9.12. The molecule has 2 aliphatic rings. The first-order valence-corrected chi connectivity index (χ1v) is 9.68. The van der Waals surface area contributed by atoms with Crippen LogP contribution in [0.25, 0.3) is 0 Å². The highest BCUT2D eigenvalue weighted by Gasteiger charge is 2.25. The van der Waals surface area contributed by atoms with Crippen LogP contribution < -0.4 is 15.4 Å². The van der Waals surface area contributed by atoms with E-state index in [0.717, 1.165) is 55.7 Å². The molecule has 1 fully saturated rings. The van der Waals surface area contributed by atoms with Crippen LogP contribution in [0.15, 0.2) is 24.5 Å². The van der Waals surface area contributed by atoms with Crippen molar-refractivity contribution in [3.63, 3.8) is 0 Å². The third-order valence-corrected chi connectivity index (χ3v) is 4.93. The highest BCUT2D eigenvalue weighted by Crippen LogP contribution is 2.32. The number of hydrogen-bond acceptors (Lipinski definition) is 6. The first kappa shape index (κ1) is 17.2. The molecule has 1 aliphatic heterocycles. The summed E-state index contributed by atoms with van der Waals surface area (Å²) in [7, 11) is 0. The number of hydrogen-bond donors (Lipinski definition) is 2. The molecule has 26 heavy (non-hydrogen) atoms. The zero-order valence-corrected chi connectivity index (χ0v) is 15.4. The van der Waals surface area contributed by atoms with Crippen molar-refractivity contribution >= 4 is 5.82 Å². The maximum Gasteiger partial charge on any atom is 0.138 e. The van der Waals surface area contributed by atoms with E-state index < -0.39 is 0 Å². The standard InChI is InChI=1S/C20H27N5O/c1-14(26-16-3-2-8-22-13-16)12-23-20-17-6-9-21-10-7-18(17)24-19(25-20)11-15-4-5-15/h2-3,8,13-15,21H,4-7,9-12H2,1H3,(H,23,24,25). The summed E-state index contributed by atoms with van der Waals surface area (Å²) in [6, 6.07) is 3.82. The molecule has 6 nitrogen and oxygen atoms in total. The number of aromatic nitrogens is 3. The fourth-order valence-electron chi connectivity index (χ4n) is 3.35. The lowest BCUT2D eigenvalue weighted by Crippen LogP contribution is -2.24. The number of nitrogens with zero attached hydrogens (tertiary/aromatic N) is 3. The van der Waals surface area contributed by atoms with Gasteiger partial charge in [0.05, 0.1) is 18.4 Å². The molecule has 0 saturated heterocycles. The van der Waals surface area contributed by atoms with E-state index in [1.165, 1.54) is 24.1 Å². The van der Waals surface area contributed by atoms with Gasteiger partial charge in [-0.05, 0) is 50.8 Å². The predicted molar refractivity (Wildman–Crippen MR) is 102 cm³/mol. The van der Waals surface area contributed by atoms with Gasteiger partial charge >= 0.3 is 0 Å². The third-order valence-electron chi connectivity index (χ3n) is 4.93. The maximum absolute atomic E-state index is 5.93. The zero-order valence-electron chi connectivity index (χ0n) is 15.4. The van der Waals surface area contributed by atoms with E-state index in [4.69, 9.17) is 14.7 Å². The lowest BCUT2D eigenvalue weighted by molar-refractivity contribution is 0.233. The molecule has 2 aromatic heterocycles. The molecule has 1 saturated carbocycles. The molecule has 0 amide bonds. The van der Waals surface area contributed by atoms with Crippen molar-refractivity contribution in [1.82, 2.24) is 20.3 Å². The molecule has 6 heteroatoms. The Morgan fingerprint density at radius 1 is 1.27 bits per heavy atom. The van der Waals surface area contributed by atoms with Gasteiger partial charge in [-0.1, -0.05) is 0 Å². The number of rotatable bonds is 7. The molecule has 1 unspecified atom stereocenters. The van der Waals surface area contributed by atoms with Crippen LogP contribution >= 0.6 is 0 Å². The lowest BCUT2D eigenvalue weighted by Gasteiger charge is -2.18. The Labute approximate surface area is 154 Å². The quantitative estimate of drug-likeness (QED) is 0.796. The second kappa shape index (κ2) is 7.99. The van der Waals surface area contributed by atoms with Gasteiger partial charge in [0, 0.05) is 31.1 Å². The minimum atomic E-state index is 0.0283. The van der Waals surface area contributed by atoms with Crippen LogP contribution in [-0.4, -0.2) is 40.7 Å². The Hall–Kier alpha value is -2.21. The van der Waals surface area contributed by atoms with Crippen LogP contribution in [0.1, 0.15) is 36.8 Å². The molecule has 0 bridgehead atoms. The van der Waals surface area contributed by atoms with Gasteiger partial charge in [0.15, 0.2) is 0 Å². The summed E-state index contributed by atoms with van der Waals surface area (Å²) in [5, 5.41) is 6.99. The Morgan fingerprint density at radius 2 is 2.15 bits per heavy atom. The molecule has 0 aromatic carbocycles. The molecule has 138 valence electrons. The van der Waals surface area contributed by atoms with Crippen LogP contribution in [0, 0.1) is 5.92 Å². The van der Waals surface area contributed by atoms with Gasteiger partial charge in [-0.25, -0.2) is 9.97 Å². The largest absolute Gasteiger partial charge is 0.487 e. The van der Waals surface area contributed by atoms with Crippen molar-refractivity contribution < 1.29 is 4.74 Å². The fraction of sp³-hybridized carbons (Fsp3) is 0.550. The summed E-state index contributed by atoms with van der Waals surface area (Å²) in [4.78, 5) is 13.8. The monoisotopic (exact) mass is 353 g/mol. The summed E-state index contributed by atoms with van der Waals surface area (Å²) in [6.45, 7) is 4.74. The number of pyridine rings is 1. The maximum atomic E-state index is 5.93. The lowest BCUT2D eigenvalue weighted by atomic mass is 10.1. The summed E-state index contributed by atoms with van der Waals surface area (Å²) in [5.74, 6) is 3.58. The second-order valence-electron chi connectivity index (χ2n) is 7.31. The SMILES string of the molecule is CC(CNc1nc(CC2CC2)nc2c1CCNCC2)Oc1cccnc1. The molecule has 2 aromatic rings. The molecule has 0 radical (unpaired) electrons. The van der Waals surface area contributed by atoms with Crippen LogP contribution in [0.3, 0.4) is 0 Å². The van der Waals surface area contributed by atoms with Crippen LogP contribution in [-0.2, 0) is 19.3 Å². The van der Waals surface area contributed by atoms with E-state index in [-0.39, 0.29) is 6.10 Å². The molecular formula is C20H27N5O. The van der Waals surface area contributed by atoms with Crippen molar-refractivity contribution in [2.45, 2.75) is 45.1 Å². The van der Waals surface area contributed by atoms with Crippen LogP contribution in [0.4, 0.5) is 5.82 Å². The van der Waals surface area contributed by atoms with Crippen LogP contribution in [0.2, 0.25) is 0 Å². The topological polar surface area (TPSA) is 72.0 Å². The molecule has 2 N–H and O–H groups in total. The van der Waals surface area contributed by atoms with E-state index in [1.807, 2.05) is 12.1 Å². The second-order valence-corrected chi connectivity index (χ2v) is 7.31. The Kier molecular flexibility index (Phi) is 5.29. The van der Waals surface area contributed by atoms with Gasteiger partial charge in [-0.3, -0.25) is 4.98 Å². The number of fused-ring (bicyclic) bond motifs is 1. The first-order chi connectivity index (χ1) is 12.8. The van der Waals surface area contributed by atoms with Gasteiger partial charge < -0.3 is 15.4 Å². The van der Waals surface area contributed by atoms with Gasteiger partial charge in [0.2, 0.25) is 0 Å². The Balaban J connectivity index is 1.46. The molecule has 4 rings (SSSR count). The molecule has 1 aliphatic carbocycles. The van der Waals surface area contributed by atoms with Crippen LogP contribution in [0.5, 0.6) is 5.75 Å². The molecular weight excluding hydrogens is 326 g/mol. The average Bonchev–Trinajstić information content (AvgIpc) is 3.47. The highest BCUT2D eigenvalue weighted by molar-refractivity contribution is 5.48. The van der Waals surface area contributed by atoms with Crippen molar-refractivity contribution in [3.8, 4) is 5.75 Å². The van der Waals surface area contributed by atoms with Crippen molar-refractivity contribution in [3.05, 3.63) is 41.6 Å². The van der Waals surface area contributed by atoms with Gasteiger partial charge in [0.25, 0.3) is 0 Å². The van der Waals surface area contributed by atoms with E-state index in [1.54, 1.807) is 12.4 Å². The Bertz CT molecular complexity index is 732. The molecule has 1 atom stereocenters. The summed E-state index contributed by atoms with van der Waals surface area (Å²) >= 11 is 0. The number of anilines is 1. The fourth-order valence-corrected chi connectivity index (χ4v) is 3.35. The minimum Gasteiger partial charge on any atom is -0.487 e. The van der Waals surface area contributed by atoms with E-state index >= 15 is 0 Å². The smallest absolute Gasteiger partial charge is 0.138 e. The molecule has 0 spiro atoms. The predicted octanol–water partition coefficient (Wildman–Crippen LogP) is 2.39. The zero-order chi connectivity index (χ0) is 17.8. The third kappa shape index (κ3) is 4.49. The van der Waals surface area contributed by atoms with Gasteiger partial charge in [-0.2, -0.15) is 0 Å². The van der Waals surface area contributed by atoms with E-state index in [9.17, 15) is 0 Å². The minimum absolute atomic E-state index is 0.0283. The average molecular weight is 353 g/mol. The van der Waals surface area contributed by atoms with Gasteiger partial charge in [0.1, 0.15) is 23.5 Å². The van der Waals surface area contributed by atoms with E-state index in [0.29, 0.717) is 6.54 Å². The normalized spacial score (nSPS) is 17.9. The summed E-state index contributed by atoms with van der Waals surface area (Å²) < 4.78 is 5.93. The number of nitrogens with one attached hydrogen (secondary N) is 2. The van der Waals surface area contributed by atoms with Crippen molar-refractivity contribution in [2.24, 2.45) is 5.92 Å². The summed E-state index contributed by atoms with van der Waals surface area (Å²) in [5.41, 5.74) is 2.48.